The van der Waals surface area contributed by atoms with Gasteiger partial charge in [0.2, 0.25) is 0 Å². The molecule has 0 spiro atoms. The molecule has 0 aromatic heterocycles. The van der Waals surface area contributed by atoms with Crippen LogP contribution in [-0.4, -0.2) is 119 Å². The largest absolute Gasteiger partial charge is 0.472 e. The Hall–Kier alpha value is -0.740. The number of aliphatic hydroxyl groups is 2. The predicted molar refractivity (Wildman–Crippen MR) is 230 cm³/mol. The van der Waals surface area contributed by atoms with Gasteiger partial charge >= 0.3 is 43.2 Å². The van der Waals surface area contributed by atoms with Crippen LogP contribution in [0.3, 0.4) is 0 Å². The molecule has 0 bridgehead atoms. The number of phosphoric ester groups is 4. The molecule has 0 saturated heterocycles. The second-order valence-corrected chi connectivity index (χ2v) is 21.0. The quantitative estimate of drug-likeness (QED) is 0.0208. The van der Waals surface area contributed by atoms with Crippen molar-refractivity contribution in [2.24, 2.45) is 5.73 Å². The zero-order valence-corrected chi connectivity index (χ0v) is 40.4. The number of esters is 2. The van der Waals surface area contributed by atoms with E-state index in [1.54, 1.807) is 0 Å². The zero-order valence-electron chi connectivity index (χ0n) is 36.8. The fourth-order valence-corrected chi connectivity index (χ4v) is 9.69. The summed E-state index contributed by atoms with van der Waals surface area (Å²) >= 11 is 0. The van der Waals surface area contributed by atoms with Crippen LogP contribution in [0.25, 0.3) is 0 Å². The number of hydrogen-bond donors (Lipinski definition) is 10. The van der Waals surface area contributed by atoms with Gasteiger partial charge in [-0.1, -0.05) is 129 Å². The minimum absolute atomic E-state index is 0.0263. The lowest BCUT2D eigenvalue weighted by Gasteiger charge is -2.45. The minimum atomic E-state index is -5.78. The first-order chi connectivity index (χ1) is 30.0. The lowest BCUT2D eigenvalue weighted by Crippen LogP contribution is -2.65. The Morgan fingerprint density at radius 3 is 1.23 bits per heavy atom. The molecule has 4 unspecified atom stereocenters. The first kappa shape index (κ1) is 61.3. The van der Waals surface area contributed by atoms with Crippen LogP contribution in [0.5, 0.6) is 0 Å². The molecule has 23 nitrogen and oxygen atoms in total. The summed E-state index contributed by atoms with van der Waals surface area (Å²) in [6.45, 7) is 1.21. The Labute approximate surface area is 376 Å². The van der Waals surface area contributed by atoms with Crippen molar-refractivity contribution in [2.75, 3.05) is 19.8 Å². The highest BCUT2D eigenvalue weighted by molar-refractivity contribution is 7.47. The van der Waals surface area contributed by atoms with Gasteiger partial charge in [0.05, 0.1) is 6.61 Å². The molecule has 1 saturated carbocycles. The summed E-state index contributed by atoms with van der Waals surface area (Å²) in [6.07, 6.45) is 4.51. The highest BCUT2D eigenvalue weighted by Gasteiger charge is 2.59. The van der Waals surface area contributed by atoms with Crippen molar-refractivity contribution in [1.82, 2.24) is 0 Å². The van der Waals surface area contributed by atoms with Gasteiger partial charge in [0.15, 0.2) is 6.10 Å². The van der Waals surface area contributed by atoms with Crippen molar-refractivity contribution in [2.45, 2.75) is 204 Å². The molecule has 1 aliphatic rings. The zero-order chi connectivity index (χ0) is 48.2. The van der Waals surface area contributed by atoms with E-state index in [2.05, 4.69) is 20.5 Å². The van der Waals surface area contributed by atoms with Gasteiger partial charge < -0.3 is 59.7 Å². The van der Waals surface area contributed by atoms with Gasteiger partial charge in [-0.05, 0) is 25.8 Å². The molecule has 27 heteroatoms. The molecule has 0 aromatic carbocycles. The normalized spacial score (nSPS) is 22.2. The van der Waals surface area contributed by atoms with Crippen LogP contribution in [0.15, 0.2) is 0 Å². The van der Waals surface area contributed by atoms with Crippen molar-refractivity contribution >= 4 is 43.2 Å². The Morgan fingerprint density at radius 2 is 0.844 bits per heavy atom. The molecule has 1 aliphatic carbocycles. The van der Waals surface area contributed by atoms with E-state index in [9.17, 15) is 72.3 Å². The minimum Gasteiger partial charge on any atom is -0.462 e. The molecule has 8 atom stereocenters. The van der Waals surface area contributed by atoms with E-state index in [1.807, 2.05) is 0 Å². The highest BCUT2D eigenvalue weighted by Crippen LogP contribution is 2.53. The molecule has 380 valence electrons. The summed E-state index contributed by atoms with van der Waals surface area (Å²) in [5, 5.41) is 21.8. The van der Waals surface area contributed by atoms with Crippen molar-refractivity contribution < 1.29 is 104 Å². The molecule has 1 rings (SSSR count). The number of ether oxygens (including phenoxy) is 2. The average molecular weight is 1010 g/mol. The lowest BCUT2D eigenvalue weighted by molar-refractivity contribution is -0.209. The SMILES string of the molecule is CCCCCCCCCCCCCCCC(=O)O[C@H](COC(=O)CCCCCCCCCCCN)COP(=O)(O)OC1C(O)[C@@H](OP(=O)(O)O)C(OP(=O)(O)O)[C@@H](OP(=O)(O)O)[C@H]1O. The fourth-order valence-electron chi connectivity index (χ4n) is 7.04. The Balaban J connectivity index is 2.96. The van der Waals surface area contributed by atoms with E-state index in [1.165, 1.54) is 44.9 Å². The van der Waals surface area contributed by atoms with Crippen LogP contribution < -0.4 is 5.73 Å². The van der Waals surface area contributed by atoms with Crippen LogP contribution >= 0.6 is 31.3 Å². The number of carbonyl (C=O) groups is 2. The fraction of sp³-hybridized carbons (Fsp3) is 0.946. The van der Waals surface area contributed by atoms with Gasteiger partial charge in [-0.2, -0.15) is 0 Å². The molecule has 0 aliphatic heterocycles. The van der Waals surface area contributed by atoms with E-state index in [0.29, 0.717) is 19.4 Å². The van der Waals surface area contributed by atoms with Gasteiger partial charge in [0.1, 0.15) is 43.2 Å². The molecule has 64 heavy (non-hydrogen) atoms. The number of phosphoric acid groups is 4. The van der Waals surface area contributed by atoms with Gasteiger partial charge in [0, 0.05) is 12.8 Å². The summed E-state index contributed by atoms with van der Waals surface area (Å²) in [6, 6.07) is 0. The van der Waals surface area contributed by atoms with Gasteiger partial charge in [0.25, 0.3) is 0 Å². The monoisotopic (exact) mass is 1010 g/mol. The Bertz CT molecular complexity index is 1440. The Morgan fingerprint density at radius 1 is 0.484 bits per heavy atom. The van der Waals surface area contributed by atoms with Crippen molar-refractivity contribution in [1.29, 1.82) is 0 Å². The van der Waals surface area contributed by atoms with Crippen LogP contribution in [0.1, 0.15) is 161 Å². The van der Waals surface area contributed by atoms with Crippen molar-refractivity contribution in [3.63, 3.8) is 0 Å². The maximum Gasteiger partial charge on any atom is 0.472 e. The smallest absolute Gasteiger partial charge is 0.462 e. The van der Waals surface area contributed by atoms with E-state index in [0.717, 1.165) is 83.5 Å². The highest BCUT2D eigenvalue weighted by atomic mass is 31.2. The summed E-state index contributed by atoms with van der Waals surface area (Å²) in [5.41, 5.74) is 5.51. The molecular formula is C37H75NO22P4. The standard InChI is InChI=1S/C37H75NO22P4/c1-2-3-4-5-6-7-8-9-10-12-16-19-22-25-31(40)56-29(27-54-30(39)24-21-18-15-13-11-14-17-20-23-26-38)28-55-64(52,53)60-34-32(41)35(57-61(43,44)45)37(59-63(49,50)51)36(33(34)42)58-62(46,47)48/h29,32-37,41-42H,2-28,38H2,1H3,(H,52,53)(H2,43,44,45)(H2,46,47,48)(H2,49,50,51)/t29-,32+,33?,34?,35+,36-,37?/m1/s1. The summed E-state index contributed by atoms with van der Waals surface area (Å²) in [4.78, 5) is 92.5. The maximum absolute atomic E-state index is 13.2. The molecular weight excluding hydrogens is 934 g/mol. The first-order valence-electron chi connectivity index (χ1n) is 22.3. The third-order valence-electron chi connectivity index (χ3n) is 10.2. The molecule has 11 N–H and O–H groups in total. The maximum atomic E-state index is 13.2. The first-order valence-corrected chi connectivity index (χ1v) is 28.4. The van der Waals surface area contributed by atoms with Gasteiger partial charge in [-0.15, -0.1) is 0 Å². The van der Waals surface area contributed by atoms with Crippen LogP contribution in [0.4, 0.5) is 0 Å². The van der Waals surface area contributed by atoms with E-state index >= 15 is 0 Å². The van der Waals surface area contributed by atoms with Crippen LogP contribution in [0, 0.1) is 0 Å². The molecule has 1 fully saturated rings. The Kier molecular flexibility index (Phi) is 31.5. The second-order valence-electron chi connectivity index (χ2n) is 16.0. The van der Waals surface area contributed by atoms with Crippen LogP contribution in [0.2, 0.25) is 0 Å². The second kappa shape index (κ2) is 32.9. The average Bonchev–Trinajstić information content (AvgIpc) is 3.18. The lowest BCUT2D eigenvalue weighted by atomic mass is 9.85. The molecule has 0 amide bonds. The summed E-state index contributed by atoms with van der Waals surface area (Å²) < 4.78 is 81.8. The van der Waals surface area contributed by atoms with Crippen molar-refractivity contribution in [3.05, 3.63) is 0 Å². The number of unbranched alkanes of at least 4 members (excludes halogenated alkanes) is 20. The van der Waals surface area contributed by atoms with E-state index in [4.69, 9.17) is 24.3 Å². The summed E-state index contributed by atoms with van der Waals surface area (Å²) in [5.74, 6) is -1.41. The van der Waals surface area contributed by atoms with Gasteiger partial charge in [-0.3, -0.25) is 32.2 Å². The van der Waals surface area contributed by atoms with Gasteiger partial charge in [-0.25, -0.2) is 18.3 Å². The number of aliphatic hydroxyl groups excluding tert-OH is 2. The summed E-state index contributed by atoms with van der Waals surface area (Å²) in [7, 11) is -23.0. The predicted octanol–water partition coefficient (Wildman–Crippen LogP) is 5.45. The van der Waals surface area contributed by atoms with E-state index in [-0.39, 0.29) is 12.8 Å². The van der Waals surface area contributed by atoms with Crippen LogP contribution in [-0.2, 0) is 59.9 Å². The topological polar surface area (TPSA) is 375 Å². The molecule has 0 aromatic rings. The number of carbonyl (C=O) groups excluding carboxylic acids is 2. The number of nitrogens with two attached hydrogens (primary N) is 1. The molecule has 0 heterocycles. The third-order valence-corrected chi connectivity index (χ3v) is 12.8. The molecule has 0 radical (unpaired) electrons. The number of hydrogen-bond acceptors (Lipinski definition) is 16. The third kappa shape index (κ3) is 30.6. The van der Waals surface area contributed by atoms with E-state index < -0.39 is 99.2 Å². The van der Waals surface area contributed by atoms with Crippen molar-refractivity contribution in [3.8, 4) is 0 Å². The number of rotatable bonds is 39.